The molecular formula is C23H19FN2O3S. The zero-order valence-corrected chi connectivity index (χ0v) is 17.3. The zero-order chi connectivity index (χ0) is 21.3. The number of imide groups is 1. The van der Waals surface area contributed by atoms with Crippen molar-refractivity contribution < 1.29 is 18.7 Å². The summed E-state index contributed by atoms with van der Waals surface area (Å²) >= 11 is 1.39. The number of methoxy groups -OCH3 is 1. The predicted molar refractivity (Wildman–Crippen MR) is 115 cm³/mol. The second kappa shape index (κ2) is 8.12. The Labute approximate surface area is 177 Å². The first-order chi connectivity index (χ1) is 14.5. The van der Waals surface area contributed by atoms with Crippen molar-refractivity contribution in [2.24, 2.45) is 0 Å². The van der Waals surface area contributed by atoms with Gasteiger partial charge in [0.1, 0.15) is 17.3 Å². The highest BCUT2D eigenvalue weighted by molar-refractivity contribution is 7.11. The molecule has 152 valence electrons. The molecule has 0 spiro atoms. The van der Waals surface area contributed by atoms with Crippen LogP contribution in [0, 0.1) is 12.7 Å². The van der Waals surface area contributed by atoms with Crippen LogP contribution in [0.3, 0.4) is 0 Å². The molecule has 0 radical (unpaired) electrons. The maximum Gasteiger partial charge on any atom is 0.278 e. The predicted octanol–water partition coefficient (Wildman–Crippen LogP) is 4.60. The van der Waals surface area contributed by atoms with Gasteiger partial charge in [0.15, 0.2) is 0 Å². The number of hydrogen-bond donors (Lipinski definition) is 1. The van der Waals surface area contributed by atoms with Crippen LogP contribution >= 0.6 is 11.3 Å². The van der Waals surface area contributed by atoms with Crippen molar-refractivity contribution in [2.75, 3.05) is 12.4 Å². The number of nitrogens with zero attached hydrogens (tertiary/aromatic N) is 1. The lowest BCUT2D eigenvalue weighted by Gasteiger charge is -2.16. The molecule has 0 saturated carbocycles. The van der Waals surface area contributed by atoms with E-state index >= 15 is 0 Å². The van der Waals surface area contributed by atoms with Gasteiger partial charge in [-0.3, -0.25) is 14.5 Å². The van der Waals surface area contributed by atoms with Crippen molar-refractivity contribution in [3.05, 3.63) is 87.5 Å². The fraction of sp³-hybridized carbons (Fsp3) is 0.130. The third-order valence-corrected chi connectivity index (χ3v) is 5.69. The molecule has 0 fully saturated rings. The van der Waals surface area contributed by atoms with E-state index in [0.29, 0.717) is 27.5 Å². The van der Waals surface area contributed by atoms with Crippen LogP contribution < -0.4 is 10.1 Å². The van der Waals surface area contributed by atoms with Crippen molar-refractivity contribution in [2.45, 2.75) is 13.5 Å². The lowest BCUT2D eigenvalue weighted by atomic mass is 10.1. The first-order valence-electron chi connectivity index (χ1n) is 9.28. The van der Waals surface area contributed by atoms with Gasteiger partial charge in [-0.25, -0.2) is 4.39 Å². The average molecular weight is 422 g/mol. The molecule has 0 bridgehead atoms. The van der Waals surface area contributed by atoms with E-state index in [-0.39, 0.29) is 24.0 Å². The Morgan fingerprint density at radius 2 is 1.83 bits per heavy atom. The summed E-state index contributed by atoms with van der Waals surface area (Å²) in [7, 11) is 1.55. The molecule has 30 heavy (non-hydrogen) atoms. The Balaban J connectivity index is 1.73. The summed E-state index contributed by atoms with van der Waals surface area (Å²) in [5.74, 6) is -0.628. The Bertz CT molecular complexity index is 1140. The van der Waals surface area contributed by atoms with Gasteiger partial charge in [-0.15, -0.1) is 11.3 Å². The summed E-state index contributed by atoms with van der Waals surface area (Å²) in [5.41, 5.74) is 2.77. The van der Waals surface area contributed by atoms with Gasteiger partial charge in [-0.05, 0) is 53.8 Å². The number of thiophene rings is 1. The zero-order valence-electron chi connectivity index (χ0n) is 16.4. The van der Waals surface area contributed by atoms with E-state index in [4.69, 9.17) is 4.74 Å². The minimum atomic E-state index is -0.434. The molecule has 2 heterocycles. The largest absolute Gasteiger partial charge is 0.495 e. The highest BCUT2D eigenvalue weighted by Crippen LogP contribution is 2.35. The first kappa shape index (κ1) is 19.8. The number of anilines is 1. The van der Waals surface area contributed by atoms with Gasteiger partial charge in [-0.1, -0.05) is 24.3 Å². The molecule has 7 heteroatoms. The van der Waals surface area contributed by atoms with E-state index in [1.54, 1.807) is 25.3 Å². The molecule has 3 aromatic rings. The minimum Gasteiger partial charge on any atom is -0.495 e. The van der Waals surface area contributed by atoms with Gasteiger partial charge in [0.2, 0.25) is 0 Å². The quantitative estimate of drug-likeness (QED) is 0.590. The molecule has 1 aliphatic rings. The third-order valence-electron chi connectivity index (χ3n) is 4.80. The number of benzene rings is 2. The van der Waals surface area contributed by atoms with Gasteiger partial charge >= 0.3 is 0 Å². The van der Waals surface area contributed by atoms with Gasteiger partial charge in [0.05, 0.1) is 24.9 Å². The van der Waals surface area contributed by atoms with Crippen LogP contribution in [-0.2, 0) is 16.1 Å². The van der Waals surface area contributed by atoms with E-state index in [0.717, 1.165) is 5.56 Å². The van der Waals surface area contributed by atoms with Crippen molar-refractivity contribution in [1.82, 2.24) is 4.90 Å². The van der Waals surface area contributed by atoms with Crippen molar-refractivity contribution in [1.29, 1.82) is 0 Å². The Morgan fingerprint density at radius 1 is 1.07 bits per heavy atom. The van der Waals surface area contributed by atoms with E-state index in [2.05, 4.69) is 5.32 Å². The summed E-state index contributed by atoms with van der Waals surface area (Å²) in [5, 5.41) is 4.99. The normalized spacial score (nSPS) is 13.9. The number of halogens is 1. The highest BCUT2D eigenvalue weighted by Gasteiger charge is 2.39. The topological polar surface area (TPSA) is 58.6 Å². The van der Waals surface area contributed by atoms with Crippen LogP contribution in [-0.4, -0.2) is 23.8 Å². The van der Waals surface area contributed by atoms with Crippen LogP contribution in [0.5, 0.6) is 5.75 Å². The van der Waals surface area contributed by atoms with Gasteiger partial charge in [0, 0.05) is 4.88 Å². The van der Waals surface area contributed by atoms with Crippen molar-refractivity contribution in [3.63, 3.8) is 0 Å². The summed E-state index contributed by atoms with van der Waals surface area (Å²) < 4.78 is 18.6. The number of rotatable bonds is 6. The molecule has 4 rings (SSSR count). The molecule has 0 aliphatic carbocycles. The SMILES string of the molecule is COc1ccc(C)cc1NC1=C(c2cccs2)C(=O)N(Cc2ccc(F)cc2)C1=O. The van der Waals surface area contributed by atoms with E-state index < -0.39 is 5.91 Å². The third kappa shape index (κ3) is 3.71. The molecule has 0 atom stereocenters. The number of carbonyl (C=O) groups is 2. The van der Waals surface area contributed by atoms with Crippen LogP contribution in [0.1, 0.15) is 16.0 Å². The van der Waals surface area contributed by atoms with E-state index in [1.807, 2.05) is 36.6 Å². The smallest absolute Gasteiger partial charge is 0.278 e. The summed E-state index contributed by atoms with van der Waals surface area (Å²) in [6.45, 7) is 1.99. The Morgan fingerprint density at radius 3 is 2.50 bits per heavy atom. The second-order valence-electron chi connectivity index (χ2n) is 6.88. The fourth-order valence-electron chi connectivity index (χ4n) is 3.31. The highest BCUT2D eigenvalue weighted by atomic mass is 32.1. The monoisotopic (exact) mass is 422 g/mol. The molecule has 5 nitrogen and oxygen atoms in total. The molecule has 0 unspecified atom stereocenters. The summed E-state index contributed by atoms with van der Waals surface area (Å²) in [6.07, 6.45) is 0. The Kier molecular flexibility index (Phi) is 5.37. The van der Waals surface area contributed by atoms with Crippen LogP contribution in [0.25, 0.3) is 5.57 Å². The van der Waals surface area contributed by atoms with Gasteiger partial charge < -0.3 is 10.1 Å². The Hall–Kier alpha value is -3.45. The van der Waals surface area contributed by atoms with Crippen molar-refractivity contribution >= 4 is 34.4 Å². The number of carbonyl (C=O) groups excluding carboxylic acids is 2. The second-order valence-corrected chi connectivity index (χ2v) is 7.83. The van der Waals surface area contributed by atoms with Gasteiger partial charge in [-0.2, -0.15) is 0 Å². The molecule has 0 saturated heterocycles. The summed E-state index contributed by atoms with van der Waals surface area (Å²) in [6, 6.07) is 15.0. The number of ether oxygens (including phenoxy) is 1. The fourth-order valence-corrected chi connectivity index (χ4v) is 4.08. The maximum atomic E-state index is 13.3. The van der Waals surface area contributed by atoms with Crippen LogP contribution in [0.4, 0.5) is 10.1 Å². The van der Waals surface area contributed by atoms with E-state index in [1.165, 1.54) is 28.4 Å². The van der Waals surface area contributed by atoms with Crippen LogP contribution in [0.2, 0.25) is 0 Å². The molecule has 1 N–H and O–H groups in total. The number of nitrogens with one attached hydrogen (secondary N) is 1. The molecule has 2 aromatic carbocycles. The lowest BCUT2D eigenvalue weighted by molar-refractivity contribution is -0.137. The number of amides is 2. The van der Waals surface area contributed by atoms with Crippen molar-refractivity contribution in [3.8, 4) is 5.75 Å². The molecule has 2 amide bonds. The average Bonchev–Trinajstić information content (AvgIpc) is 3.33. The molecular weight excluding hydrogens is 403 g/mol. The first-order valence-corrected chi connectivity index (χ1v) is 10.2. The summed E-state index contributed by atoms with van der Waals surface area (Å²) in [4.78, 5) is 28.3. The minimum absolute atomic E-state index is 0.0585. The standard InChI is InChI=1S/C23H19FN2O3S/c1-14-5-10-18(29-2)17(12-14)25-21-20(19-4-3-11-30-19)22(27)26(23(21)28)13-15-6-8-16(24)9-7-15/h3-12,25H,13H2,1-2H3. The number of hydrogen-bond acceptors (Lipinski definition) is 5. The van der Waals surface area contributed by atoms with Crippen LogP contribution in [0.15, 0.2) is 65.7 Å². The number of aryl methyl sites for hydroxylation is 1. The maximum absolute atomic E-state index is 13.3. The lowest BCUT2D eigenvalue weighted by Crippen LogP contribution is -2.32. The van der Waals surface area contributed by atoms with E-state index in [9.17, 15) is 14.0 Å². The molecule has 1 aliphatic heterocycles. The molecule has 1 aromatic heterocycles. The van der Waals surface area contributed by atoms with Gasteiger partial charge in [0.25, 0.3) is 11.8 Å².